The largest absolute Gasteiger partial charge is 0.504 e. The van der Waals surface area contributed by atoms with Crippen molar-refractivity contribution in [3.8, 4) is 11.5 Å². The van der Waals surface area contributed by atoms with E-state index in [9.17, 15) is 5.11 Å². The first kappa shape index (κ1) is 13.2. The van der Waals surface area contributed by atoms with Gasteiger partial charge in [-0.3, -0.25) is 0 Å². The average Bonchev–Trinajstić information content (AvgIpc) is 2.79. The molecule has 5 heteroatoms. The van der Waals surface area contributed by atoms with E-state index in [1.54, 1.807) is 18.2 Å². The number of para-hydroxylation sites is 2. The Morgan fingerprint density at radius 3 is 2.67 bits per heavy atom. The highest BCUT2D eigenvalue weighted by molar-refractivity contribution is 7.16. The molecule has 18 heavy (non-hydrogen) atoms. The van der Waals surface area contributed by atoms with Gasteiger partial charge in [-0.1, -0.05) is 23.7 Å². The van der Waals surface area contributed by atoms with Gasteiger partial charge >= 0.3 is 0 Å². The molecule has 0 amide bonds. The summed E-state index contributed by atoms with van der Waals surface area (Å²) in [5, 5.41) is 9.60. The van der Waals surface area contributed by atoms with Crippen LogP contribution >= 0.6 is 22.9 Å². The molecule has 1 aromatic heterocycles. The molecule has 2 aromatic rings. The van der Waals surface area contributed by atoms with Crippen LogP contribution in [0.5, 0.6) is 11.5 Å². The topological polar surface area (TPSA) is 55.5 Å². The van der Waals surface area contributed by atoms with Crippen LogP contribution in [0.4, 0.5) is 0 Å². The Kier molecular flexibility index (Phi) is 4.47. The molecule has 0 radical (unpaired) electrons. The first-order chi connectivity index (χ1) is 8.70. The van der Waals surface area contributed by atoms with E-state index in [-0.39, 0.29) is 11.7 Å². The van der Waals surface area contributed by atoms with Crippen molar-refractivity contribution in [2.24, 2.45) is 5.73 Å². The molecule has 0 bridgehead atoms. The number of halogens is 1. The second kappa shape index (κ2) is 6.09. The number of hydrogen-bond acceptors (Lipinski definition) is 4. The third-order valence-corrected chi connectivity index (χ3v) is 3.98. The minimum Gasteiger partial charge on any atom is -0.504 e. The van der Waals surface area contributed by atoms with E-state index in [0.717, 1.165) is 9.21 Å². The molecule has 0 aliphatic carbocycles. The fraction of sp³-hybridized carbons (Fsp3) is 0.231. The average molecular weight is 284 g/mol. The Morgan fingerprint density at radius 2 is 2.06 bits per heavy atom. The molecule has 3 nitrogen and oxygen atoms in total. The fourth-order valence-electron chi connectivity index (χ4n) is 1.58. The molecule has 0 aliphatic heterocycles. The van der Waals surface area contributed by atoms with Crippen LogP contribution in [0.25, 0.3) is 0 Å². The minimum atomic E-state index is 0.0853. The van der Waals surface area contributed by atoms with Gasteiger partial charge in [-0.05, 0) is 24.3 Å². The van der Waals surface area contributed by atoms with Crippen LogP contribution in [-0.4, -0.2) is 18.3 Å². The lowest BCUT2D eigenvalue weighted by atomic mass is 10.1. The maximum absolute atomic E-state index is 9.60. The van der Waals surface area contributed by atoms with Gasteiger partial charge in [-0.25, -0.2) is 0 Å². The molecule has 2 rings (SSSR count). The molecule has 96 valence electrons. The van der Waals surface area contributed by atoms with E-state index in [1.165, 1.54) is 11.3 Å². The number of phenols is 1. The predicted octanol–water partition coefficient (Wildman–Crippen LogP) is 3.23. The van der Waals surface area contributed by atoms with Crippen molar-refractivity contribution in [3.63, 3.8) is 0 Å². The summed E-state index contributed by atoms with van der Waals surface area (Å²) in [5.74, 6) is 0.693. The second-order valence-electron chi connectivity index (χ2n) is 3.85. The lowest BCUT2D eigenvalue weighted by Gasteiger charge is -2.14. The van der Waals surface area contributed by atoms with Gasteiger partial charge < -0.3 is 15.6 Å². The lowest BCUT2D eigenvalue weighted by molar-refractivity contribution is 0.278. The van der Waals surface area contributed by atoms with Gasteiger partial charge in [0.2, 0.25) is 0 Å². The normalized spacial score (nSPS) is 12.3. The van der Waals surface area contributed by atoms with E-state index in [2.05, 4.69) is 0 Å². The highest BCUT2D eigenvalue weighted by atomic mass is 35.5. The number of rotatable bonds is 5. The molecule has 1 aromatic carbocycles. The zero-order valence-corrected chi connectivity index (χ0v) is 11.2. The third-order valence-electron chi connectivity index (χ3n) is 2.59. The van der Waals surface area contributed by atoms with Gasteiger partial charge in [0.25, 0.3) is 0 Å². The summed E-state index contributed by atoms with van der Waals surface area (Å²) in [6.07, 6.45) is 0. The Labute approximate surface area is 115 Å². The summed E-state index contributed by atoms with van der Waals surface area (Å²) >= 11 is 7.40. The summed E-state index contributed by atoms with van der Waals surface area (Å²) in [5.41, 5.74) is 5.74. The van der Waals surface area contributed by atoms with Crippen LogP contribution in [0.15, 0.2) is 36.4 Å². The van der Waals surface area contributed by atoms with Gasteiger partial charge in [0.15, 0.2) is 11.5 Å². The van der Waals surface area contributed by atoms with Crippen LogP contribution in [0.3, 0.4) is 0 Å². The van der Waals surface area contributed by atoms with E-state index in [4.69, 9.17) is 22.1 Å². The number of nitrogens with two attached hydrogens (primary N) is 1. The molecular formula is C13H14ClNO2S. The van der Waals surface area contributed by atoms with Crippen LogP contribution in [-0.2, 0) is 0 Å². The van der Waals surface area contributed by atoms with Crippen molar-refractivity contribution in [3.05, 3.63) is 45.6 Å². The first-order valence-corrected chi connectivity index (χ1v) is 6.76. The predicted molar refractivity (Wildman–Crippen MR) is 74.7 cm³/mol. The van der Waals surface area contributed by atoms with E-state index in [0.29, 0.717) is 18.9 Å². The van der Waals surface area contributed by atoms with Crippen LogP contribution in [0.1, 0.15) is 10.8 Å². The number of phenolic OH excluding ortho intramolecular Hbond substituents is 1. The fourth-order valence-corrected chi connectivity index (χ4v) is 2.74. The number of hydrogen-bond donors (Lipinski definition) is 2. The maximum atomic E-state index is 9.60. The van der Waals surface area contributed by atoms with Gasteiger partial charge in [0, 0.05) is 17.3 Å². The molecule has 0 aliphatic rings. The van der Waals surface area contributed by atoms with Crippen LogP contribution < -0.4 is 10.5 Å². The van der Waals surface area contributed by atoms with Crippen molar-refractivity contribution >= 4 is 22.9 Å². The highest BCUT2D eigenvalue weighted by Gasteiger charge is 2.14. The number of benzene rings is 1. The SMILES string of the molecule is NCC(COc1ccccc1O)c1ccc(Cl)s1. The quantitative estimate of drug-likeness (QED) is 0.886. The molecule has 3 N–H and O–H groups in total. The number of thiophene rings is 1. The molecule has 1 unspecified atom stereocenters. The van der Waals surface area contributed by atoms with E-state index < -0.39 is 0 Å². The lowest BCUT2D eigenvalue weighted by Crippen LogP contribution is -2.18. The van der Waals surface area contributed by atoms with Crippen LogP contribution in [0.2, 0.25) is 4.34 Å². The molecule has 1 heterocycles. The van der Waals surface area contributed by atoms with Crippen molar-refractivity contribution in [1.29, 1.82) is 0 Å². The van der Waals surface area contributed by atoms with Gasteiger partial charge in [-0.2, -0.15) is 0 Å². The monoisotopic (exact) mass is 283 g/mol. The van der Waals surface area contributed by atoms with Crippen molar-refractivity contribution < 1.29 is 9.84 Å². The van der Waals surface area contributed by atoms with Gasteiger partial charge in [-0.15, -0.1) is 11.3 Å². The molecule has 0 spiro atoms. The highest BCUT2D eigenvalue weighted by Crippen LogP contribution is 2.30. The van der Waals surface area contributed by atoms with E-state index >= 15 is 0 Å². The molecular weight excluding hydrogens is 270 g/mol. The zero-order chi connectivity index (χ0) is 13.0. The van der Waals surface area contributed by atoms with E-state index in [1.807, 2.05) is 18.2 Å². The Bertz CT molecular complexity index is 515. The summed E-state index contributed by atoms with van der Waals surface area (Å²) < 4.78 is 6.33. The summed E-state index contributed by atoms with van der Waals surface area (Å²) in [4.78, 5) is 1.10. The van der Waals surface area contributed by atoms with Crippen LogP contribution in [0, 0.1) is 0 Å². The Hall–Kier alpha value is -1.23. The molecule has 1 atom stereocenters. The Morgan fingerprint density at radius 1 is 1.28 bits per heavy atom. The molecule has 0 fully saturated rings. The minimum absolute atomic E-state index is 0.0853. The number of ether oxygens (including phenoxy) is 1. The summed E-state index contributed by atoms with van der Waals surface area (Å²) in [6.45, 7) is 0.898. The second-order valence-corrected chi connectivity index (χ2v) is 5.60. The standard InChI is InChI=1S/C13H14ClNO2S/c14-13-6-5-12(18-13)9(7-15)8-17-11-4-2-1-3-10(11)16/h1-6,9,16H,7-8,15H2. The van der Waals surface area contributed by atoms with Crippen molar-refractivity contribution in [1.82, 2.24) is 0 Å². The molecule has 0 saturated heterocycles. The zero-order valence-electron chi connectivity index (χ0n) is 9.67. The first-order valence-electron chi connectivity index (χ1n) is 5.57. The summed E-state index contributed by atoms with van der Waals surface area (Å²) in [7, 11) is 0. The third kappa shape index (κ3) is 3.16. The Balaban J connectivity index is 2.02. The maximum Gasteiger partial charge on any atom is 0.160 e. The van der Waals surface area contributed by atoms with Crippen molar-refractivity contribution in [2.45, 2.75) is 5.92 Å². The smallest absolute Gasteiger partial charge is 0.160 e. The number of aromatic hydroxyl groups is 1. The molecule has 0 saturated carbocycles. The van der Waals surface area contributed by atoms with Crippen molar-refractivity contribution in [2.75, 3.05) is 13.2 Å². The summed E-state index contributed by atoms with van der Waals surface area (Å²) in [6, 6.07) is 10.7. The van der Waals surface area contributed by atoms with Gasteiger partial charge in [0.05, 0.1) is 10.9 Å². The van der Waals surface area contributed by atoms with Gasteiger partial charge in [0.1, 0.15) is 0 Å².